The Labute approximate surface area is 212 Å². The molecule has 0 saturated heterocycles. The molecule has 1 saturated carbocycles. The summed E-state index contributed by atoms with van der Waals surface area (Å²) in [6.45, 7) is 3.62. The minimum atomic E-state index is -3.76. The third-order valence-corrected chi connectivity index (χ3v) is 7.81. The fourth-order valence-electron chi connectivity index (χ4n) is 4.34. The first-order valence-corrected chi connectivity index (χ1v) is 13.6. The molecule has 36 heavy (non-hydrogen) atoms. The molecule has 0 spiro atoms. The smallest absolute Gasteiger partial charge is 0.261 e. The molecule has 0 aliphatic heterocycles. The van der Waals surface area contributed by atoms with Crippen LogP contribution in [0.25, 0.3) is 0 Å². The van der Waals surface area contributed by atoms with Gasteiger partial charge in [0.2, 0.25) is 0 Å². The van der Waals surface area contributed by atoms with E-state index in [2.05, 4.69) is 15.4 Å². The van der Waals surface area contributed by atoms with Crippen molar-refractivity contribution in [3.05, 3.63) is 89.0 Å². The molecule has 1 aliphatic carbocycles. The van der Waals surface area contributed by atoms with Crippen molar-refractivity contribution in [3.8, 4) is 0 Å². The summed E-state index contributed by atoms with van der Waals surface area (Å²) in [7, 11) is -3.76. The highest BCUT2D eigenvalue weighted by atomic mass is 32.2. The second kappa shape index (κ2) is 11.0. The quantitative estimate of drug-likeness (QED) is 0.399. The zero-order chi connectivity index (χ0) is 25.7. The lowest BCUT2D eigenvalue weighted by Crippen LogP contribution is -2.36. The summed E-state index contributed by atoms with van der Waals surface area (Å²) < 4.78 is 28.1. The minimum absolute atomic E-state index is 0.161. The lowest BCUT2D eigenvalue weighted by Gasteiger charge is -2.23. The first-order valence-electron chi connectivity index (χ1n) is 12.1. The van der Waals surface area contributed by atoms with Crippen LogP contribution in [-0.2, 0) is 10.0 Å². The van der Waals surface area contributed by atoms with E-state index >= 15 is 0 Å². The maximum absolute atomic E-state index is 13.0. The van der Waals surface area contributed by atoms with E-state index in [0.717, 1.165) is 31.2 Å². The van der Waals surface area contributed by atoms with Gasteiger partial charge in [-0.15, -0.1) is 0 Å². The summed E-state index contributed by atoms with van der Waals surface area (Å²) >= 11 is 0. The van der Waals surface area contributed by atoms with E-state index in [-0.39, 0.29) is 22.8 Å². The van der Waals surface area contributed by atoms with Crippen molar-refractivity contribution in [2.24, 2.45) is 0 Å². The first-order chi connectivity index (χ1) is 17.2. The van der Waals surface area contributed by atoms with Crippen molar-refractivity contribution in [1.29, 1.82) is 0 Å². The number of amides is 2. The Morgan fingerprint density at radius 3 is 2.19 bits per heavy atom. The molecule has 0 heterocycles. The Kier molecular flexibility index (Phi) is 7.74. The molecule has 3 aromatic carbocycles. The van der Waals surface area contributed by atoms with E-state index in [0.29, 0.717) is 28.1 Å². The molecular weight excluding hydrogens is 474 g/mol. The lowest BCUT2D eigenvalue weighted by atomic mass is 9.95. The summed E-state index contributed by atoms with van der Waals surface area (Å²) in [5.74, 6) is -0.584. The molecular formula is C28H31N3O4S. The number of rotatable bonds is 7. The molecule has 0 atom stereocenters. The van der Waals surface area contributed by atoms with Crippen LogP contribution < -0.4 is 15.4 Å². The number of anilines is 2. The highest BCUT2D eigenvalue weighted by molar-refractivity contribution is 7.92. The van der Waals surface area contributed by atoms with Crippen molar-refractivity contribution in [2.45, 2.75) is 56.9 Å². The second-order valence-electron chi connectivity index (χ2n) is 9.26. The molecule has 3 N–H and O–H groups in total. The van der Waals surface area contributed by atoms with Crippen LogP contribution >= 0.6 is 0 Å². The maximum atomic E-state index is 13.0. The van der Waals surface area contributed by atoms with Gasteiger partial charge in [0, 0.05) is 11.6 Å². The second-order valence-corrected chi connectivity index (χ2v) is 10.9. The third kappa shape index (κ3) is 6.12. The molecule has 188 valence electrons. The molecule has 1 fully saturated rings. The highest BCUT2D eigenvalue weighted by Crippen LogP contribution is 2.23. The van der Waals surface area contributed by atoms with Crippen molar-refractivity contribution in [1.82, 2.24) is 5.32 Å². The third-order valence-electron chi connectivity index (χ3n) is 6.42. The van der Waals surface area contributed by atoms with Gasteiger partial charge in [0.05, 0.1) is 21.8 Å². The van der Waals surface area contributed by atoms with Crippen LogP contribution in [0.1, 0.15) is 63.9 Å². The van der Waals surface area contributed by atoms with Gasteiger partial charge in [0.15, 0.2) is 0 Å². The predicted octanol–water partition coefficient (Wildman–Crippen LogP) is 5.42. The van der Waals surface area contributed by atoms with Gasteiger partial charge >= 0.3 is 0 Å². The number of benzene rings is 3. The van der Waals surface area contributed by atoms with Crippen LogP contribution in [0.15, 0.2) is 71.6 Å². The summed E-state index contributed by atoms with van der Waals surface area (Å²) in [6, 6.07) is 18.4. The molecule has 0 aromatic heterocycles. The number of para-hydroxylation sites is 1. The average molecular weight is 506 g/mol. The van der Waals surface area contributed by atoms with Crippen LogP contribution in [-0.4, -0.2) is 26.3 Å². The van der Waals surface area contributed by atoms with Crippen molar-refractivity contribution in [3.63, 3.8) is 0 Å². The summed E-state index contributed by atoms with van der Waals surface area (Å²) in [5, 5.41) is 5.92. The zero-order valence-corrected chi connectivity index (χ0v) is 21.3. The summed E-state index contributed by atoms with van der Waals surface area (Å²) in [6.07, 6.45) is 5.36. The molecule has 0 unspecified atom stereocenters. The van der Waals surface area contributed by atoms with Gasteiger partial charge in [0.25, 0.3) is 21.8 Å². The molecule has 2 amide bonds. The first kappa shape index (κ1) is 25.4. The fourth-order valence-corrected chi connectivity index (χ4v) is 5.47. The Morgan fingerprint density at radius 1 is 0.806 bits per heavy atom. The van der Waals surface area contributed by atoms with Gasteiger partial charge in [-0.05, 0) is 74.7 Å². The summed E-state index contributed by atoms with van der Waals surface area (Å²) in [4.78, 5) is 26.1. The summed E-state index contributed by atoms with van der Waals surface area (Å²) in [5.41, 5.74) is 3.15. The normalized spacial score (nSPS) is 14.2. The number of hydrogen-bond donors (Lipinski definition) is 3. The lowest BCUT2D eigenvalue weighted by molar-refractivity contribution is 0.0928. The zero-order valence-electron chi connectivity index (χ0n) is 20.5. The predicted molar refractivity (Wildman–Crippen MR) is 142 cm³/mol. The Morgan fingerprint density at radius 2 is 1.50 bits per heavy atom. The highest BCUT2D eigenvalue weighted by Gasteiger charge is 2.20. The molecule has 1 aliphatic rings. The SMILES string of the molecule is Cc1ccc(S(=O)(=O)Nc2ccc(C(=O)Nc3ccccc3C(=O)NC3CCCCC3)cc2C)cc1. The van der Waals surface area contributed by atoms with Crippen LogP contribution in [0, 0.1) is 13.8 Å². The van der Waals surface area contributed by atoms with Gasteiger partial charge in [-0.2, -0.15) is 0 Å². The van der Waals surface area contributed by atoms with E-state index in [9.17, 15) is 18.0 Å². The van der Waals surface area contributed by atoms with Crippen LogP contribution in [0.2, 0.25) is 0 Å². The molecule has 0 bridgehead atoms. The Bertz CT molecular complexity index is 1360. The van der Waals surface area contributed by atoms with Gasteiger partial charge in [-0.1, -0.05) is 49.1 Å². The minimum Gasteiger partial charge on any atom is -0.349 e. The number of aryl methyl sites for hydroxylation is 2. The van der Waals surface area contributed by atoms with Gasteiger partial charge in [0.1, 0.15) is 0 Å². The van der Waals surface area contributed by atoms with Crippen molar-refractivity contribution in [2.75, 3.05) is 10.0 Å². The molecule has 4 rings (SSSR count). The monoisotopic (exact) mass is 505 g/mol. The number of carbonyl (C=O) groups is 2. The van der Waals surface area contributed by atoms with E-state index in [4.69, 9.17) is 0 Å². The topological polar surface area (TPSA) is 104 Å². The van der Waals surface area contributed by atoms with E-state index in [1.54, 1.807) is 73.7 Å². The molecule has 3 aromatic rings. The van der Waals surface area contributed by atoms with Crippen molar-refractivity contribution < 1.29 is 18.0 Å². The Hall–Kier alpha value is -3.65. The largest absolute Gasteiger partial charge is 0.349 e. The van der Waals surface area contributed by atoms with E-state index < -0.39 is 10.0 Å². The maximum Gasteiger partial charge on any atom is 0.261 e. The average Bonchev–Trinajstić information content (AvgIpc) is 2.86. The van der Waals surface area contributed by atoms with Gasteiger partial charge < -0.3 is 10.6 Å². The fraction of sp³-hybridized carbons (Fsp3) is 0.286. The van der Waals surface area contributed by atoms with Crippen LogP contribution in [0.5, 0.6) is 0 Å². The van der Waals surface area contributed by atoms with E-state index in [1.165, 1.54) is 6.42 Å². The van der Waals surface area contributed by atoms with Gasteiger partial charge in [-0.25, -0.2) is 8.42 Å². The number of carbonyl (C=O) groups excluding carboxylic acids is 2. The standard InChI is InChI=1S/C28H31N3O4S/c1-19-12-15-23(16-13-19)36(34,35)31-25-17-14-21(18-20(25)2)27(32)30-26-11-7-6-10-24(26)28(33)29-22-8-4-3-5-9-22/h6-7,10-18,22,31H,3-5,8-9H2,1-2H3,(H,29,33)(H,30,32). The molecule has 8 heteroatoms. The van der Waals surface area contributed by atoms with Crippen LogP contribution in [0.4, 0.5) is 11.4 Å². The van der Waals surface area contributed by atoms with Gasteiger partial charge in [-0.3, -0.25) is 14.3 Å². The molecule has 0 radical (unpaired) electrons. The van der Waals surface area contributed by atoms with Crippen molar-refractivity contribution >= 4 is 33.2 Å². The number of hydrogen-bond acceptors (Lipinski definition) is 4. The van der Waals surface area contributed by atoms with Crippen LogP contribution in [0.3, 0.4) is 0 Å². The number of nitrogens with one attached hydrogen (secondary N) is 3. The number of sulfonamides is 1. The van der Waals surface area contributed by atoms with E-state index in [1.807, 2.05) is 6.92 Å². The Balaban J connectivity index is 1.47. The molecule has 7 nitrogen and oxygen atoms in total.